The molecule has 0 fully saturated rings. The van der Waals surface area contributed by atoms with Gasteiger partial charge in [0.15, 0.2) is 6.29 Å². The van der Waals surface area contributed by atoms with Gasteiger partial charge in [-0.2, -0.15) is 0 Å². The van der Waals surface area contributed by atoms with Gasteiger partial charge in [-0.05, 0) is 29.3 Å². The van der Waals surface area contributed by atoms with Crippen molar-refractivity contribution in [2.45, 2.75) is 13.0 Å². The summed E-state index contributed by atoms with van der Waals surface area (Å²) in [5.74, 6) is 0.816. The lowest BCUT2D eigenvalue weighted by atomic mass is 10.1. The molecular formula is C19H17NO3. The zero-order valence-electron chi connectivity index (χ0n) is 12.9. The smallest absolute Gasteiger partial charge is 0.150 e. The van der Waals surface area contributed by atoms with Crippen molar-refractivity contribution in [1.29, 1.82) is 0 Å². The lowest BCUT2D eigenvalue weighted by Gasteiger charge is -2.07. The third kappa shape index (κ3) is 2.88. The molecule has 1 heterocycles. The minimum Gasteiger partial charge on any atom is -0.497 e. The van der Waals surface area contributed by atoms with Gasteiger partial charge in [-0.15, -0.1) is 0 Å². The van der Waals surface area contributed by atoms with E-state index in [4.69, 9.17) is 4.74 Å². The lowest BCUT2D eigenvalue weighted by Crippen LogP contribution is -1.98. The Morgan fingerprint density at radius 2 is 1.87 bits per heavy atom. The summed E-state index contributed by atoms with van der Waals surface area (Å²) in [5, 5.41) is 0.864. The van der Waals surface area contributed by atoms with Crippen LogP contribution in [0.4, 0.5) is 0 Å². The minimum atomic E-state index is 0.303. The molecule has 1 aromatic heterocycles. The maximum atomic E-state index is 11.3. The minimum absolute atomic E-state index is 0.303. The van der Waals surface area contributed by atoms with Crippen LogP contribution in [0.25, 0.3) is 10.9 Å². The van der Waals surface area contributed by atoms with E-state index in [1.165, 1.54) is 0 Å². The van der Waals surface area contributed by atoms with Gasteiger partial charge in [-0.25, -0.2) is 0 Å². The van der Waals surface area contributed by atoms with Crippen molar-refractivity contribution in [3.8, 4) is 5.75 Å². The van der Waals surface area contributed by atoms with Crippen LogP contribution in [0, 0.1) is 0 Å². The Labute approximate surface area is 134 Å². The van der Waals surface area contributed by atoms with Crippen LogP contribution in [0.1, 0.15) is 21.5 Å². The molecule has 0 radical (unpaired) electrons. The predicted molar refractivity (Wildman–Crippen MR) is 89.2 cm³/mol. The van der Waals surface area contributed by atoms with E-state index in [0.29, 0.717) is 18.5 Å². The second-order valence-electron chi connectivity index (χ2n) is 5.36. The lowest BCUT2D eigenvalue weighted by molar-refractivity contribution is -0.107. The van der Waals surface area contributed by atoms with Gasteiger partial charge < -0.3 is 14.1 Å². The molecule has 3 rings (SSSR count). The van der Waals surface area contributed by atoms with Gasteiger partial charge in [0.1, 0.15) is 12.0 Å². The molecule has 23 heavy (non-hydrogen) atoms. The zero-order chi connectivity index (χ0) is 16.2. The molecule has 0 aliphatic rings. The van der Waals surface area contributed by atoms with Gasteiger partial charge in [0.05, 0.1) is 7.11 Å². The number of nitrogens with zero attached hydrogens (tertiary/aromatic N) is 1. The van der Waals surface area contributed by atoms with E-state index in [1.54, 1.807) is 13.2 Å². The third-order valence-electron chi connectivity index (χ3n) is 3.96. The quantitative estimate of drug-likeness (QED) is 0.657. The summed E-state index contributed by atoms with van der Waals surface area (Å²) in [6.07, 6.45) is 3.97. The first kappa shape index (κ1) is 15.0. The first-order valence-electron chi connectivity index (χ1n) is 7.39. The molecule has 0 spiro atoms. The molecule has 0 saturated carbocycles. The van der Waals surface area contributed by atoms with Crippen molar-refractivity contribution in [2.75, 3.05) is 7.11 Å². The van der Waals surface area contributed by atoms with Crippen LogP contribution in [0.5, 0.6) is 5.75 Å². The monoisotopic (exact) mass is 307 g/mol. The fourth-order valence-corrected chi connectivity index (χ4v) is 2.87. The van der Waals surface area contributed by atoms with Crippen LogP contribution in [0.3, 0.4) is 0 Å². The van der Waals surface area contributed by atoms with E-state index in [9.17, 15) is 9.59 Å². The van der Waals surface area contributed by atoms with Gasteiger partial charge >= 0.3 is 0 Å². The molecule has 0 N–H and O–H groups in total. The zero-order valence-corrected chi connectivity index (χ0v) is 12.9. The van der Waals surface area contributed by atoms with Crippen LogP contribution in [0.2, 0.25) is 0 Å². The van der Waals surface area contributed by atoms with Crippen LogP contribution in [-0.4, -0.2) is 24.2 Å². The summed E-state index contributed by atoms with van der Waals surface area (Å²) >= 11 is 0. The van der Waals surface area contributed by atoms with Crippen LogP contribution in [-0.2, 0) is 17.8 Å². The predicted octanol–water partition coefficient (Wildman–Crippen LogP) is 3.25. The molecule has 116 valence electrons. The third-order valence-corrected chi connectivity index (χ3v) is 3.96. The Bertz CT molecular complexity index is 847. The van der Waals surface area contributed by atoms with E-state index in [0.717, 1.165) is 40.4 Å². The van der Waals surface area contributed by atoms with E-state index in [-0.39, 0.29) is 0 Å². The fraction of sp³-hybridized carbons (Fsp3) is 0.158. The first-order chi connectivity index (χ1) is 11.3. The van der Waals surface area contributed by atoms with Crippen LogP contribution in [0.15, 0.2) is 48.7 Å². The standard InChI is InChI=1S/C19H17NO3/c1-23-17-7-5-14(6-8-17)11-20-12-15(9-10-21)19-16(13-22)3-2-4-18(19)20/h2-8,10,12-13H,9,11H2,1H3. The molecule has 2 aromatic carbocycles. The molecule has 0 amide bonds. The second-order valence-corrected chi connectivity index (χ2v) is 5.36. The number of fused-ring (bicyclic) bond motifs is 1. The number of aromatic nitrogens is 1. The topological polar surface area (TPSA) is 48.3 Å². The van der Waals surface area contributed by atoms with Gasteiger partial charge in [-0.1, -0.05) is 24.3 Å². The Hall–Kier alpha value is -2.88. The summed E-state index contributed by atoms with van der Waals surface area (Å²) < 4.78 is 7.24. The van der Waals surface area contributed by atoms with Crippen molar-refractivity contribution >= 4 is 23.5 Å². The van der Waals surface area contributed by atoms with E-state index in [2.05, 4.69) is 4.57 Å². The first-order valence-corrected chi connectivity index (χ1v) is 7.39. The molecule has 0 saturated heterocycles. The molecule has 0 atom stereocenters. The van der Waals surface area contributed by atoms with Gasteiger partial charge in [0.2, 0.25) is 0 Å². The fourth-order valence-electron chi connectivity index (χ4n) is 2.87. The Morgan fingerprint density at radius 3 is 2.52 bits per heavy atom. The largest absolute Gasteiger partial charge is 0.497 e. The summed E-state index contributed by atoms with van der Waals surface area (Å²) in [5.41, 5.74) is 3.58. The molecule has 4 heteroatoms. The molecule has 0 unspecified atom stereocenters. The highest BCUT2D eigenvalue weighted by Gasteiger charge is 2.12. The molecule has 0 aliphatic carbocycles. The van der Waals surface area contributed by atoms with Gasteiger partial charge in [-0.3, -0.25) is 4.79 Å². The van der Waals surface area contributed by atoms with Gasteiger partial charge in [0.25, 0.3) is 0 Å². The maximum absolute atomic E-state index is 11.3. The highest BCUT2D eigenvalue weighted by Crippen LogP contribution is 2.26. The van der Waals surface area contributed by atoms with E-state index in [1.807, 2.05) is 42.6 Å². The number of rotatable bonds is 6. The molecule has 4 nitrogen and oxygen atoms in total. The number of carbonyl (C=O) groups is 2. The Kier molecular flexibility index (Phi) is 4.24. The van der Waals surface area contributed by atoms with Crippen molar-refractivity contribution in [1.82, 2.24) is 4.57 Å². The summed E-state index contributed by atoms with van der Waals surface area (Å²) in [6, 6.07) is 13.5. The summed E-state index contributed by atoms with van der Waals surface area (Å²) in [4.78, 5) is 22.2. The average Bonchev–Trinajstić information content (AvgIpc) is 2.94. The highest BCUT2D eigenvalue weighted by molar-refractivity contribution is 6.00. The number of hydrogen-bond acceptors (Lipinski definition) is 3. The van der Waals surface area contributed by atoms with E-state index < -0.39 is 0 Å². The van der Waals surface area contributed by atoms with Crippen molar-refractivity contribution < 1.29 is 14.3 Å². The molecule has 3 aromatic rings. The number of carbonyl (C=O) groups excluding carboxylic acids is 2. The number of ether oxygens (including phenoxy) is 1. The molecule has 0 bridgehead atoms. The normalized spacial score (nSPS) is 10.7. The average molecular weight is 307 g/mol. The number of methoxy groups -OCH3 is 1. The van der Waals surface area contributed by atoms with Crippen molar-refractivity contribution in [2.24, 2.45) is 0 Å². The molecule has 0 aliphatic heterocycles. The summed E-state index contributed by atoms with van der Waals surface area (Å²) in [6.45, 7) is 0.668. The molecular weight excluding hydrogens is 290 g/mol. The van der Waals surface area contributed by atoms with Crippen LogP contribution >= 0.6 is 0 Å². The Balaban J connectivity index is 2.06. The number of benzene rings is 2. The maximum Gasteiger partial charge on any atom is 0.150 e. The van der Waals surface area contributed by atoms with Crippen molar-refractivity contribution in [3.63, 3.8) is 0 Å². The van der Waals surface area contributed by atoms with E-state index >= 15 is 0 Å². The SMILES string of the molecule is COc1ccc(Cn2cc(CC=O)c3c(C=O)cccc32)cc1. The number of hydrogen-bond donors (Lipinski definition) is 0. The number of aldehydes is 2. The van der Waals surface area contributed by atoms with Crippen LogP contribution < -0.4 is 4.74 Å². The van der Waals surface area contributed by atoms with Crippen molar-refractivity contribution in [3.05, 3.63) is 65.4 Å². The second kappa shape index (κ2) is 6.48. The Morgan fingerprint density at radius 1 is 1.09 bits per heavy atom. The summed E-state index contributed by atoms with van der Waals surface area (Å²) in [7, 11) is 1.64. The highest BCUT2D eigenvalue weighted by atomic mass is 16.5. The van der Waals surface area contributed by atoms with Gasteiger partial charge in [0, 0.05) is 35.6 Å².